The average Bonchev–Trinajstić information content (AvgIpc) is 2.64. The van der Waals surface area contributed by atoms with E-state index < -0.39 is 0 Å². The third kappa shape index (κ3) is 4.69. The van der Waals surface area contributed by atoms with Gasteiger partial charge in [-0.15, -0.1) is 0 Å². The normalized spacial score (nSPS) is 10.4. The third-order valence-electron chi connectivity index (χ3n) is 3.85. The van der Waals surface area contributed by atoms with Crippen LogP contribution in [0.2, 0.25) is 0 Å². The highest BCUT2D eigenvalue weighted by Gasteiger charge is 2.05. The molecule has 3 rings (SSSR count). The van der Waals surface area contributed by atoms with E-state index in [9.17, 15) is 4.39 Å². The van der Waals surface area contributed by atoms with Gasteiger partial charge in [0.1, 0.15) is 17.4 Å². The van der Waals surface area contributed by atoms with Gasteiger partial charge in [0.15, 0.2) is 0 Å². The second-order valence-corrected chi connectivity index (χ2v) is 5.84. The molecule has 2 N–H and O–H groups in total. The van der Waals surface area contributed by atoms with Gasteiger partial charge in [0.05, 0.1) is 7.11 Å². The van der Waals surface area contributed by atoms with Crippen LogP contribution in [0.3, 0.4) is 0 Å². The Hall–Kier alpha value is -3.15. The van der Waals surface area contributed by atoms with Gasteiger partial charge in [0, 0.05) is 24.0 Å². The average molecular weight is 352 g/mol. The van der Waals surface area contributed by atoms with Crippen molar-refractivity contribution in [2.45, 2.75) is 13.3 Å². The van der Waals surface area contributed by atoms with Gasteiger partial charge in [-0.25, -0.2) is 9.37 Å². The molecule has 0 unspecified atom stereocenters. The number of anilines is 3. The Balaban J connectivity index is 1.65. The van der Waals surface area contributed by atoms with Crippen molar-refractivity contribution in [3.8, 4) is 5.75 Å². The summed E-state index contributed by atoms with van der Waals surface area (Å²) in [6, 6.07) is 15.9. The smallest absolute Gasteiger partial charge is 0.229 e. The first-order chi connectivity index (χ1) is 12.6. The number of hydrogen-bond acceptors (Lipinski definition) is 5. The molecule has 3 aromatic rings. The molecule has 0 aliphatic carbocycles. The van der Waals surface area contributed by atoms with E-state index in [0.29, 0.717) is 12.5 Å². The van der Waals surface area contributed by atoms with E-state index in [1.807, 2.05) is 37.3 Å². The molecule has 26 heavy (non-hydrogen) atoms. The molecule has 0 aliphatic rings. The quantitative estimate of drug-likeness (QED) is 0.663. The maximum Gasteiger partial charge on any atom is 0.229 e. The molecule has 0 aliphatic heterocycles. The number of halogens is 1. The summed E-state index contributed by atoms with van der Waals surface area (Å²) in [5, 5.41) is 6.40. The first-order valence-corrected chi connectivity index (χ1v) is 8.38. The van der Waals surface area contributed by atoms with Crippen LogP contribution in [0, 0.1) is 12.7 Å². The summed E-state index contributed by atoms with van der Waals surface area (Å²) in [6.07, 6.45) is 0.813. The highest BCUT2D eigenvalue weighted by molar-refractivity contribution is 5.55. The fraction of sp³-hybridized carbons (Fsp3) is 0.200. The number of methoxy groups -OCH3 is 1. The van der Waals surface area contributed by atoms with Gasteiger partial charge in [-0.05, 0) is 49.2 Å². The highest BCUT2D eigenvalue weighted by Crippen LogP contribution is 2.19. The Bertz CT molecular complexity index is 868. The minimum Gasteiger partial charge on any atom is -0.496 e. The van der Waals surface area contributed by atoms with Crippen LogP contribution in [-0.2, 0) is 6.42 Å². The Morgan fingerprint density at radius 3 is 2.58 bits per heavy atom. The molecule has 0 atom stereocenters. The van der Waals surface area contributed by atoms with Gasteiger partial charge >= 0.3 is 0 Å². The summed E-state index contributed by atoms with van der Waals surface area (Å²) >= 11 is 0. The monoisotopic (exact) mass is 352 g/mol. The lowest BCUT2D eigenvalue weighted by atomic mass is 10.1. The second kappa shape index (κ2) is 8.29. The molecule has 0 amide bonds. The van der Waals surface area contributed by atoms with Crippen LogP contribution < -0.4 is 15.4 Å². The Labute approximate surface area is 152 Å². The first-order valence-electron chi connectivity index (χ1n) is 8.38. The van der Waals surface area contributed by atoms with Crippen LogP contribution in [-0.4, -0.2) is 23.6 Å². The van der Waals surface area contributed by atoms with Gasteiger partial charge < -0.3 is 15.4 Å². The van der Waals surface area contributed by atoms with E-state index in [1.165, 1.54) is 12.1 Å². The third-order valence-corrected chi connectivity index (χ3v) is 3.85. The first kappa shape index (κ1) is 17.7. The topological polar surface area (TPSA) is 59.1 Å². The molecule has 0 fully saturated rings. The van der Waals surface area contributed by atoms with Crippen molar-refractivity contribution in [1.29, 1.82) is 0 Å². The summed E-state index contributed by atoms with van der Waals surface area (Å²) in [6.45, 7) is 2.62. The molecule has 0 bridgehead atoms. The molecule has 0 radical (unpaired) electrons. The van der Waals surface area contributed by atoms with Crippen molar-refractivity contribution >= 4 is 17.5 Å². The molecule has 1 heterocycles. The van der Waals surface area contributed by atoms with Gasteiger partial charge in [-0.2, -0.15) is 4.98 Å². The second-order valence-electron chi connectivity index (χ2n) is 5.84. The van der Waals surface area contributed by atoms with E-state index in [0.717, 1.165) is 34.9 Å². The van der Waals surface area contributed by atoms with Gasteiger partial charge in [-0.1, -0.05) is 18.2 Å². The number of nitrogens with zero attached hydrogens (tertiary/aromatic N) is 2. The van der Waals surface area contributed by atoms with E-state index in [4.69, 9.17) is 4.74 Å². The van der Waals surface area contributed by atoms with Gasteiger partial charge in [-0.3, -0.25) is 0 Å². The molecule has 0 saturated heterocycles. The number of aromatic nitrogens is 2. The molecule has 0 spiro atoms. The summed E-state index contributed by atoms with van der Waals surface area (Å²) in [4.78, 5) is 8.84. The molecule has 1 aromatic heterocycles. The zero-order valence-electron chi connectivity index (χ0n) is 14.8. The maximum atomic E-state index is 13.0. The predicted octanol–water partition coefficient (Wildman–Crippen LogP) is 4.33. The van der Waals surface area contributed by atoms with Crippen LogP contribution in [0.25, 0.3) is 0 Å². The zero-order chi connectivity index (χ0) is 18.4. The van der Waals surface area contributed by atoms with Crippen LogP contribution in [0.1, 0.15) is 11.3 Å². The number of ether oxygens (including phenoxy) is 1. The minimum atomic E-state index is -0.278. The van der Waals surface area contributed by atoms with Crippen molar-refractivity contribution in [3.05, 3.63) is 71.7 Å². The Morgan fingerprint density at radius 2 is 1.81 bits per heavy atom. The van der Waals surface area contributed by atoms with Crippen molar-refractivity contribution in [2.75, 3.05) is 24.3 Å². The predicted molar refractivity (Wildman–Crippen MR) is 102 cm³/mol. The SMILES string of the molecule is COc1ccccc1CCNc1cc(C)nc(Nc2ccc(F)cc2)n1. The zero-order valence-corrected chi connectivity index (χ0v) is 14.8. The van der Waals surface area contributed by atoms with Crippen molar-refractivity contribution in [3.63, 3.8) is 0 Å². The lowest BCUT2D eigenvalue weighted by Crippen LogP contribution is -2.09. The highest BCUT2D eigenvalue weighted by atomic mass is 19.1. The van der Waals surface area contributed by atoms with Crippen molar-refractivity contribution in [1.82, 2.24) is 9.97 Å². The number of para-hydroxylation sites is 1. The molecule has 5 nitrogen and oxygen atoms in total. The summed E-state index contributed by atoms with van der Waals surface area (Å²) < 4.78 is 18.4. The largest absolute Gasteiger partial charge is 0.496 e. The Kier molecular flexibility index (Phi) is 5.63. The van der Waals surface area contributed by atoms with E-state index in [-0.39, 0.29) is 5.82 Å². The Morgan fingerprint density at radius 1 is 1.04 bits per heavy atom. The van der Waals surface area contributed by atoms with Crippen molar-refractivity contribution < 1.29 is 9.13 Å². The van der Waals surface area contributed by atoms with Crippen LogP contribution in [0.5, 0.6) is 5.75 Å². The molecule has 2 aromatic carbocycles. The summed E-state index contributed by atoms with van der Waals surface area (Å²) in [7, 11) is 1.67. The molecule has 0 saturated carbocycles. The maximum absolute atomic E-state index is 13.0. The number of benzene rings is 2. The minimum absolute atomic E-state index is 0.278. The fourth-order valence-electron chi connectivity index (χ4n) is 2.61. The van der Waals surface area contributed by atoms with Gasteiger partial charge in [0.2, 0.25) is 5.95 Å². The fourth-order valence-corrected chi connectivity index (χ4v) is 2.61. The number of hydrogen-bond donors (Lipinski definition) is 2. The lowest BCUT2D eigenvalue weighted by molar-refractivity contribution is 0.410. The van der Waals surface area contributed by atoms with E-state index in [2.05, 4.69) is 20.6 Å². The standard InChI is InChI=1S/C20H21FN4O/c1-14-13-19(22-12-11-15-5-3-4-6-18(15)26-2)25-20(23-14)24-17-9-7-16(21)8-10-17/h3-10,13H,11-12H2,1-2H3,(H2,22,23,24,25). The van der Waals surface area contributed by atoms with Crippen LogP contribution in [0.15, 0.2) is 54.6 Å². The molecular weight excluding hydrogens is 331 g/mol. The van der Waals surface area contributed by atoms with E-state index >= 15 is 0 Å². The number of nitrogens with one attached hydrogen (secondary N) is 2. The molecular formula is C20H21FN4O. The van der Waals surface area contributed by atoms with Crippen LogP contribution in [0.4, 0.5) is 21.8 Å². The van der Waals surface area contributed by atoms with Crippen molar-refractivity contribution in [2.24, 2.45) is 0 Å². The van der Waals surface area contributed by atoms with Crippen LogP contribution >= 0.6 is 0 Å². The summed E-state index contributed by atoms with van der Waals surface area (Å²) in [5.41, 5.74) is 2.71. The molecule has 6 heteroatoms. The number of rotatable bonds is 7. The van der Waals surface area contributed by atoms with E-state index in [1.54, 1.807) is 19.2 Å². The lowest BCUT2D eigenvalue weighted by Gasteiger charge is -2.11. The van der Waals surface area contributed by atoms with Gasteiger partial charge in [0.25, 0.3) is 0 Å². The molecule has 134 valence electrons. The summed E-state index contributed by atoms with van der Waals surface area (Å²) in [5.74, 6) is 1.81. The number of aryl methyl sites for hydroxylation is 1.